The molecule has 0 saturated heterocycles. The Hall–Kier alpha value is -0.520. The van der Waals surface area contributed by atoms with E-state index in [-0.39, 0.29) is 0 Å². The molecule has 90 valence electrons. The summed E-state index contributed by atoms with van der Waals surface area (Å²) < 4.78 is 0. The lowest BCUT2D eigenvalue weighted by molar-refractivity contribution is 0.0255. The van der Waals surface area contributed by atoms with Gasteiger partial charge in [0.25, 0.3) is 0 Å². The number of hydrogen-bond donors (Lipinski definition) is 0. The minimum Gasteiger partial charge on any atom is -0.0958 e. The van der Waals surface area contributed by atoms with E-state index in [0.29, 0.717) is 5.41 Å². The zero-order valence-electron chi connectivity index (χ0n) is 11.3. The van der Waals surface area contributed by atoms with Crippen LogP contribution in [0, 0.1) is 23.2 Å². The maximum absolute atomic E-state index is 4.11. The summed E-state index contributed by atoms with van der Waals surface area (Å²) in [6.45, 7) is 13.7. The monoisotopic (exact) mass is 218 g/mol. The van der Waals surface area contributed by atoms with Gasteiger partial charge in [0.2, 0.25) is 0 Å². The number of hydrogen-bond acceptors (Lipinski definition) is 0. The van der Waals surface area contributed by atoms with E-state index in [1.165, 1.54) is 36.8 Å². The lowest BCUT2D eigenvalue weighted by Gasteiger charge is -2.51. The van der Waals surface area contributed by atoms with Gasteiger partial charge in [0.15, 0.2) is 0 Å². The molecule has 1 saturated carbocycles. The van der Waals surface area contributed by atoms with Crippen molar-refractivity contribution in [3.05, 3.63) is 23.8 Å². The predicted octanol–water partition coefficient (Wildman–Crippen LogP) is 4.97. The number of fused-ring (bicyclic) bond motifs is 1. The van der Waals surface area contributed by atoms with Gasteiger partial charge in [-0.15, -0.1) is 0 Å². The molecule has 0 aromatic heterocycles. The zero-order chi connectivity index (χ0) is 11.9. The summed E-state index contributed by atoms with van der Waals surface area (Å²) in [4.78, 5) is 0. The molecule has 4 atom stereocenters. The molecule has 0 aliphatic heterocycles. The van der Waals surface area contributed by atoms with Crippen molar-refractivity contribution in [2.24, 2.45) is 23.2 Å². The topological polar surface area (TPSA) is 0 Å². The van der Waals surface area contributed by atoms with Crippen LogP contribution in [0.25, 0.3) is 0 Å². The highest BCUT2D eigenvalue weighted by Crippen LogP contribution is 2.54. The van der Waals surface area contributed by atoms with Crippen LogP contribution in [0.2, 0.25) is 0 Å². The Balaban J connectivity index is 2.33. The van der Waals surface area contributed by atoms with Gasteiger partial charge in [0.05, 0.1) is 0 Å². The van der Waals surface area contributed by atoms with E-state index < -0.39 is 0 Å². The minimum atomic E-state index is 0.552. The van der Waals surface area contributed by atoms with Crippen LogP contribution in [-0.4, -0.2) is 0 Å². The highest BCUT2D eigenvalue weighted by atomic mass is 14.5. The van der Waals surface area contributed by atoms with Crippen LogP contribution in [0.3, 0.4) is 0 Å². The van der Waals surface area contributed by atoms with Gasteiger partial charge >= 0.3 is 0 Å². The molecule has 0 bridgehead atoms. The first kappa shape index (κ1) is 12.0. The largest absolute Gasteiger partial charge is 0.0958 e. The fraction of sp³-hybridized carbons (Fsp3) is 0.750. The van der Waals surface area contributed by atoms with Gasteiger partial charge in [-0.25, -0.2) is 0 Å². The van der Waals surface area contributed by atoms with Gasteiger partial charge in [-0.3, -0.25) is 0 Å². The van der Waals surface area contributed by atoms with Crippen LogP contribution in [-0.2, 0) is 0 Å². The highest BCUT2D eigenvalue weighted by Gasteiger charge is 2.45. The molecule has 0 N–H and O–H groups in total. The van der Waals surface area contributed by atoms with Gasteiger partial charge in [0.1, 0.15) is 0 Å². The Morgan fingerprint density at radius 2 is 2.06 bits per heavy atom. The van der Waals surface area contributed by atoms with Crippen LogP contribution in [0.4, 0.5) is 0 Å². The van der Waals surface area contributed by atoms with Crippen molar-refractivity contribution < 1.29 is 0 Å². The van der Waals surface area contributed by atoms with E-state index in [1.807, 2.05) is 0 Å². The summed E-state index contributed by atoms with van der Waals surface area (Å²) in [6.07, 6.45) is 8.00. The fourth-order valence-corrected chi connectivity index (χ4v) is 3.83. The predicted molar refractivity (Wildman–Crippen MR) is 71.3 cm³/mol. The van der Waals surface area contributed by atoms with Crippen molar-refractivity contribution in [1.82, 2.24) is 0 Å². The number of allylic oxidation sites excluding steroid dienone is 3. The fourth-order valence-electron chi connectivity index (χ4n) is 3.83. The lowest BCUT2D eigenvalue weighted by Crippen LogP contribution is -2.42. The molecule has 4 unspecified atom stereocenters. The van der Waals surface area contributed by atoms with E-state index in [9.17, 15) is 0 Å². The summed E-state index contributed by atoms with van der Waals surface area (Å²) in [7, 11) is 0. The lowest BCUT2D eigenvalue weighted by atomic mass is 9.54. The second-order valence-corrected chi connectivity index (χ2v) is 6.46. The van der Waals surface area contributed by atoms with E-state index in [1.54, 1.807) is 0 Å². The molecular formula is C16H26. The van der Waals surface area contributed by atoms with E-state index in [4.69, 9.17) is 0 Å². The molecule has 0 spiro atoms. The van der Waals surface area contributed by atoms with Gasteiger partial charge in [-0.1, -0.05) is 39.0 Å². The van der Waals surface area contributed by atoms with Gasteiger partial charge in [-0.05, 0) is 61.3 Å². The first-order valence-electron chi connectivity index (χ1n) is 6.81. The third-order valence-corrected chi connectivity index (χ3v) is 5.42. The molecule has 2 aliphatic carbocycles. The molecule has 2 rings (SSSR count). The molecule has 0 radical (unpaired) electrons. The molecule has 0 aromatic carbocycles. The SMILES string of the molecule is C=C(C)C1=CC2C(C)CCC(C)C2(C)CC1. The summed E-state index contributed by atoms with van der Waals surface area (Å²) in [5.41, 5.74) is 3.37. The first-order valence-corrected chi connectivity index (χ1v) is 6.81. The molecule has 0 amide bonds. The van der Waals surface area contributed by atoms with E-state index >= 15 is 0 Å². The standard InChI is InChI=1S/C16H26/c1-11(2)14-8-9-16(5)13(4)7-6-12(3)15(16)10-14/h10,12-13,15H,1,6-9H2,2-5H3. The summed E-state index contributed by atoms with van der Waals surface area (Å²) in [5.74, 6) is 2.53. The summed E-state index contributed by atoms with van der Waals surface area (Å²) >= 11 is 0. The molecule has 16 heavy (non-hydrogen) atoms. The Labute approximate surface area is 101 Å². The Bertz CT molecular complexity index is 323. The summed E-state index contributed by atoms with van der Waals surface area (Å²) in [5, 5.41) is 0. The second-order valence-electron chi connectivity index (χ2n) is 6.46. The van der Waals surface area contributed by atoms with Crippen LogP contribution in [0.15, 0.2) is 23.8 Å². The Kier molecular flexibility index (Phi) is 3.03. The minimum absolute atomic E-state index is 0.552. The van der Waals surface area contributed by atoms with E-state index in [2.05, 4.69) is 40.3 Å². The van der Waals surface area contributed by atoms with Gasteiger partial charge < -0.3 is 0 Å². The van der Waals surface area contributed by atoms with Gasteiger partial charge in [-0.2, -0.15) is 0 Å². The molecule has 0 nitrogen and oxygen atoms in total. The maximum Gasteiger partial charge on any atom is -0.0145 e. The average Bonchev–Trinajstić information content (AvgIpc) is 2.24. The van der Waals surface area contributed by atoms with Crippen LogP contribution in [0.5, 0.6) is 0 Å². The normalized spacial score (nSPS) is 43.5. The van der Waals surface area contributed by atoms with Crippen molar-refractivity contribution in [3.8, 4) is 0 Å². The van der Waals surface area contributed by atoms with Crippen molar-refractivity contribution in [1.29, 1.82) is 0 Å². The zero-order valence-corrected chi connectivity index (χ0v) is 11.3. The maximum atomic E-state index is 4.11. The third kappa shape index (κ3) is 1.77. The molecule has 2 aliphatic rings. The van der Waals surface area contributed by atoms with Crippen LogP contribution < -0.4 is 0 Å². The molecule has 1 fully saturated rings. The summed E-state index contributed by atoms with van der Waals surface area (Å²) in [6, 6.07) is 0. The van der Waals surface area contributed by atoms with Crippen molar-refractivity contribution >= 4 is 0 Å². The first-order chi connectivity index (χ1) is 7.45. The quantitative estimate of drug-likeness (QED) is 0.583. The molecular weight excluding hydrogens is 192 g/mol. The highest BCUT2D eigenvalue weighted by molar-refractivity contribution is 5.30. The van der Waals surface area contributed by atoms with Crippen molar-refractivity contribution in [2.45, 2.75) is 53.4 Å². The molecule has 0 heterocycles. The van der Waals surface area contributed by atoms with E-state index in [0.717, 1.165) is 17.8 Å². The second kappa shape index (κ2) is 4.05. The van der Waals surface area contributed by atoms with Crippen LogP contribution in [0.1, 0.15) is 53.4 Å². The molecule has 0 aromatic rings. The Morgan fingerprint density at radius 3 is 2.69 bits per heavy atom. The van der Waals surface area contributed by atoms with Crippen molar-refractivity contribution in [3.63, 3.8) is 0 Å². The molecule has 0 heteroatoms. The average molecular weight is 218 g/mol. The third-order valence-electron chi connectivity index (χ3n) is 5.42. The smallest absolute Gasteiger partial charge is 0.0145 e. The number of rotatable bonds is 1. The Morgan fingerprint density at radius 1 is 1.38 bits per heavy atom. The van der Waals surface area contributed by atoms with Crippen molar-refractivity contribution in [2.75, 3.05) is 0 Å². The van der Waals surface area contributed by atoms with Gasteiger partial charge in [0, 0.05) is 0 Å². The van der Waals surface area contributed by atoms with Crippen LogP contribution >= 0.6 is 0 Å².